The molecule has 0 unspecified atom stereocenters. The average Bonchev–Trinajstić information content (AvgIpc) is 2.86. The minimum atomic E-state index is 0. The zero-order chi connectivity index (χ0) is 9.64. The molecule has 0 bridgehead atoms. The Hall–Kier alpha value is 0.423. The summed E-state index contributed by atoms with van der Waals surface area (Å²) < 4.78 is 0. The molecule has 0 amide bonds. The third-order valence-corrected chi connectivity index (χ3v) is 2.67. The molecule has 17 heavy (non-hydrogen) atoms. The Bertz CT molecular complexity index is 282. The largest absolute Gasteiger partial charge is 4.00 e. The molecule has 0 saturated carbocycles. The zero-order valence-electron chi connectivity index (χ0n) is 9.81. The van der Waals surface area contributed by atoms with E-state index in [9.17, 15) is 0 Å². The summed E-state index contributed by atoms with van der Waals surface area (Å²) in [6.45, 7) is 0. The second kappa shape index (κ2) is 11.5. The Balaban J connectivity index is 0. The van der Waals surface area contributed by atoms with Crippen molar-refractivity contribution in [3.63, 3.8) is 0 Å². The van der Waals surface area contributed by atoms with Crippen molar-refractivity contribution >= 4 is 0 Å². The Kier molecular flexibility index (Phi) is 13.4. The molecule has 0 nitrogen and oxygen atoms in total. The Morgan fingerprint density at radius 2 is 1.24 bits per heavy atom. The SMILES string of the molecule is [C-]1=C(CCCCC2=[C-]CC=C2)C=CC1.[Cl-].[Cl-].[Zr+4]. The van der Waals surface area contributed by atoms with E-state index in [1.807, 2.05) is 0 Å². The van der Waals surface area contributed by atoms with E-state index >= 15 is 0 Å². The van der Waals surface area contributed by atoms with E-state index in [-0.39, 0.29) is 51.0 Å². The summed E-state index contributed by atoms with van der Waals surface area (Å²) >= 11 is 0. The topological polar surface area (TPSA) is 0 Å². The van der Waals surface area contributed by atoms with Gasteiger partial charge in [0.25, 0.3) is 0 Å². The number of unbranched alkanes of at least 4 members (excludes halogenated alkanes) is 1. The van der Waals surface area contributed by atoms with Crippen LogP contribution < -0.4 is 24.8 Å². The summed E-state index contributed by atoms with van der Waals surface area (Å²) in [6, 6.07) is 0. The third kappa shape index (κ3) is 7.44. The van der Waals surface area contributed by atoms with Crippen LogP contribution in [0.15, 0.2) is 35.5 Å². The molecule has 0 fully saturated rings. The number of hydrogen-bond donors (Lipinski definition) is 0. The van der Waals surface area contributed by atoms with Gasteiger partial charge in [0.15, 0.2) is 0 Å². The van der Waals surface area contributed by atoms with Crippen molar-refractivity contribution < 1.29 is 51.0 Å². The molecule has 0 aromatic heterocycles. The standard InChI is InChI=1S/C14H16.2ClH.Zr/c1-2-8-13(7-1)11-5-6-12-14-9-3-4-10-14;;;/h1,3,7,9H,2,4-6,11-12H2;2*1H;/q-2;;;+4/p-2. The molecule has 0 saturated heterocycles. The van der Waals surface area contributed by atoms with Crippen LogP contribution in [-0.4, -0.2) is 0 Å². The molecule has 2 aliphatic carbocycles. The van der Waals surface area contributed by atoms with E-state index in [1.165, 1.54) is 36.8 Å². The molecule has 0 aromatic carbocycles. The normalized spacial score (nSPS) is 15.5. The molecule has 0 heterocycles. The van der Waals surface area contributed by atoms with E-state index in [0.29, 0.717) is 0 Å². The van der Waals surface area contributed by atoms with Crippen LogP contribution in [0.2, 0.25) is 0 Å². The first kappa shape index (κ1) is 19.8. The minimum absolute atomic E-state index is 0. The number of rotatable bonds is 5. The van der Waals surface area contributed by atoms with E-state index < -0.39 is 0 Å². The predicted octanol–water partition coefficient (Wildman–Crippen LogP) is -2.07. The quantitative estimate of drug-likeness (QED) is 0.397. The molecule has 90 valence electrons. The van der Waals surface area contributed by atoms with Gasteiger partial charge < -0.3 is 24.8 Å². The van der Waals surface area contributed by atoms with Crippen LogP contribution in [-0.2, 0) is 26.2 Å². The van der Waals surface area contributed by atoms with Crippen molar-refractivity contribution in [1.82, 2.24) is 0 Å². The monoisotopic (exact) mass is 344 g/mol. The number of hydrogen-bond acceptors (Lipinski definition) is 0. The molecular weight excluding hydrogens is 330 g/mol. The Morgan fingerprint density at radius 3 is 1.53 bits per heavy atom. The maximum atomic E-state index is 3.35. The number of allylic oxidation sites excluding steroid dienone is 8. The third-order valence-electron chi connectivity index (χ3n) is 2.67. The van der Waals surface area contributed by atoms with Gasteiger partial charge in [-0.2, -0.15) is 12.2 Å². The molecule has 0 atom stereocenters. The fourth-order valence-corrected chi connectivity index (χ4v) is 1.87. The van der Waals surface area contributed by atoms with Crippen LogP contribution in [0.5, 0.6) is 0 Å². The molecule has 2 rings (SSSR count). The van der Waals surface area contributed by atoms with Gasteiger partial charge in [0.1, 0.15) is 0 Å². The molecule has 0 aliphatic heterocycles. The van der Waals surface area contributed by atoms with Crippen LogP contribution in [0.1, 0.15) is 38.5 Å². The van der Waals surface area contributed by atoms with E-state index in [4.69, 9.17) is 0 Å². The van der Waals surface area contributed by atoms with Gasteiger partial charge in [-0.3, -0.25) is 12.2 Å². The van der Waals surface area contributed by atoms with Crippen molar-refractivity contribution in [3.8, 4) is 0 Å². The van der Waals surface area contributed by atoms with Crippen LogP contribution in [0.3, 0.4) is 0 Å². The van der Waals surface area contributed by atoms with Crippen molar-refractivity contribution in [2.45, 2.75) is 38.5 Å². The van der Waals surface area contributed by atoms with Gasteiger partial charge in [-0.25, -0.2) is 23.3 Å². The molecule has 0 aromatic rings. The fraction of sp³-hybridized carbons (Fsp3) is 0.429. The minimum Gasteiger partial charge on any atom is -1.00 e. The van der Waals surface area contributed by atoms with Crippen molar-refractivity contribution in [2.75, 3.05) is 0 Å². The number of halogens is 2. The van der Waals surface area contributed by atoms with Gasteiger partial charge in [0.2, 0.25) is 0 Å². The maximum absolute atomic E-state index is 3.35. The summed E-state index contributed by atoms with van der Waals surface area (Å²) in [5.41, 5.74) is 2.81. The van der Waals surface area contributed by atoms with Gasteiger partial charge in [-0.1, -0.05) is 25.7 Å². The van der Waals surface area contributed by atoms with Crippen LogP contribution in [0.4, 0.5) is 0 Å². The smallest absolute Gasteiger partial charge is 1.00 e. The second-order valence-electron chi connectivity index (χ2n) is 3.82. The van der Waals surface area contributed by atoms with Crippen LogP contribution in [0.25, 0.3) is 0 Å². The van der Waals surface area contributed by atoms with Gasteiger partial charge in [-0.15, -0.1) is 12.8 Å². The Morgan fingerprint density at radius 1 is 0.824 bits per heavy atom. The second-order valence-corrected chi connectivity index (χ2v) is 3.82. The first-order chi connectivity index (χ1) is 6.95. The van der Waals surface area contributed by atoms with Crippen molar-refractivity contribution in [3.05, 3.63) is 47.6 Å². The summed E-state index contributed by atoms with van der Waals surface area (Å²) in [5, 5.41) is 0. The zero-order valence-corrected chi connectivity index (χ0v) is 13.8. The van der Waals surface area contributed by atoms with Gasteiger partial charge in [0.05, 0.1) is 0 Å². The van der Waals surface area contributed by atoms with Gasteiger partial charge in [0, 0.05) is 0 Å². The molecule has 3 heteroatoms. The van der Waals surface area contributed by atoms with Gasteiger partial charge >= 0.3 is 26.2 Å². The first-order valence-corrected chi connectivity index (χ1v) is 5.47. The Labute approximate surface area is 136 Å². The van der Waals surface area contributed by atoms with E-state index in [0.717, 1.165) is 12.8 Å². The summed E-state index contributed by atoms with van der Waals surface area (Å²) in [5.74, 6) is 0. The van der Waals surface area contributed by atoms with E-state index in [1.54, 1.807) is 0 Å². The predicted molar refractivity (Wildman–Crippen MR) is 59.5 cm³/mol. The maximum Gasteiger partial charge on any atom is 4.00 e. The van der Waals surface area contributed by atoms with Crippen molar-refractivity contribution in [2.24, 2.45) is 0 Å². The first-order valence-electron chi connectivity index (χ1n) is 5.47. The van der Waals surface area contributed by atoms with Crippen LogP contribution in [0, 0.1) is 12.2 Å². The molecule has 0 radical (unpaired) electrons. The summed E-state index contributed by atoms with van der Waals surface area (Å²) in [4.78, 5) is 0. The van der Waals surface area contributed by atoms with Gasteiger partial charge in [-0.05, 0) is 0 Å². The molecular formula is C14H16Cl2Zr. The van der Waals surface area contributed by atoms with E-state index in [2.05, 4.69) is 36.5 Å². The van der Waals surface area contributed by atoms with Crippen LogP contribution >= 0.6 is 0 Å². The summed E-state index contributed by atoms with van der Waals surface area (Å²) in [6.07, 6.45) is 22.5. The fourth-order valence-electron chi connectivity index (χ4n) is 1.87. The molecule has 2 aliphatic rings. The summed E-state index contributed by atoms with van der Waals surface area (Å²) in [7, 11) is 0. The average molecular weight is 346 g/mol. The van der Waals surface area contributed by atoms with Crippen molar-refractivity contribution in [1.29, 1.82) is 0 Å². The molecule has 0 spiro atoms. The molecule has 0 N–H and O–H groups in total.